The van der Waals surface area contributed by atoms with E-state index in [-0.39, 0.29) is 12.2 Å². The first kappa shape index (κ1) is 10.8. The molecule has 2 atom stereocenters. The topological polar surface area (TPSA) is 29.5 Å². The van der Waals surface area contributed by atoms with E-state index < -0.39 is 0 Å². The van der Waals surface area contributed by atoms with Crippen LogP contribution < -0.4 is 0 Å². The quantitative estimate of drug-likeness (QED) is 0.667. The van der Waals surface area contributed by atoms with Crippen LogP contribution in [0.25, 0.3) is 0 Å². The van der Waals surface area contributed by atoms with Gasteiger partial charge in [-0.15, -0.1) is 0 Å². The number of rotatable bonds is 1. The monoisotopic (exact) mass is 211 g/mol. The summed E-state index contributed by atoms with van der Waals surface area (Å²) in [5.74, 6) is 0.554. The fourth-order valence-corrected chi connectivity index (χ4v) is 2.57. The molecule has 1 saturated carbocycles. The number of piperidine rings is 1. The van der Waals surface area contributed by atoms with E-state index in [9.17, 15) is 4.79 Å². The molecule has 0 N–H and O–H groups in total. The second kappa shape index (κ2) is 4.86. The lowest BCUT2D eigenvalue weighted by Gasteiger charge is -2.28. The van der Waals surface area contributed by atoms with Gasteiger partial charge in [0.1, 0.15) is 6.10 Å². The summed E-state index contributed by atoms with van der Waals surface area (Å²) in [5.41, 5.74) is 0. The first-order valence-electron chi connectivity index (χ1n) is 6.23. The average molecular weight is 211 g/mol. The van der Waals surface area contributed by atoms with Gasteiger partial charge in [0.05, 0.1) is 0 Å². The molecule has 0 aromatic carbocycles. The average Bonchev–Trinajstić information content (AvgIpc) is 2.66. The van der Waals surface area contributed by atoms with Crippen LogP contribution >= 0.6 is 0 Å². The van der Waals surface area contributed by atoms with Crippen molar-refractivity contribution >= 4 is 6.09 Å². The summed E-state index contributed by atoms with van der Waals surface area (Å²) in [4.78, 5) is 13.7. The van der Waals surface area contributed by atoms with Crippen LogP contribution in [0.1, 0.15) is 45.4 Å². The molecule has 2 fully saturated rings. The molecule has 0 bridgehead atoms. The largest absolute Gasteiger partial charge is 0.446 e. The molecule has 2 rings (SSSR count). The Morgan fingerprint density at radius 2 is 1.87 bits per heavy atom. The Morgan fingerprint density at radius 3 is 2.47 bits per heavy atom. The van der Waals surface area contributed by atoms with E-state index in [2.05, 4.69) is 6.92 Å². The maximum Gasteiger partial charge on any atom is 0.410 e. The summed E-state index contributed by atoms with van der Waals surface area (Å²) in [6, 6.07) is 0. The summed E-state index contributed by atoms with van der Waals surface area (Å²) >= 11 is 0. The van der Waals surface area contributed by atoms with E-state index in [0.717, 1.165) is 32.4 Å². The van der Waals surface area contributed by atoms with Gasteiger partial charge in [-0.1, -0.05) is 6.92 Å². The van der Waals surface area contributed by atoms with E-state index in [1.54, 1.807) is 0 Å². The standard InChI is InChI=1S/C12H21NO2/c1-10-6-5-7-11(10)15-12(14)13-8-3-2-4-9-13/h10-11H,2-9H2,1H3. The minimum absolute atomic E-state index is 0.0755. The molecule has 0 aromatic heterocycles. The van der Waals surface area contributed by atoms with Crippen molar-refractivity contribution in [1.82, 2.24) is 4.90 Å². The van der Waals surface area contributed by atoms with Crippen molar-refractivity contribution in [1.29, 1.82) is 0 Å². The molecule has 1 aliphatic carbocycles. The molecule has 1 amide bonds. The van der Waals surface area contributed by atoms with Crippen LogP contribution in [0.4, 0.5) is 4.79 Å². The number of hydrogen-bond acceptors (Lipinski definition) is 2. The van der Waals surface area contributed by atoms with Gasteiger partial charge in [0.2, 0.25) is 0 Å². The molecule has 2 aliphatic rings. The van der Waals surface area contributed by atoms with Gasteiger partial charge in [-0.05, 0) is 44.4 Å². The van der Waals surface area contributed by atoms with Crippen LogP contribution in [0.2, 0.25) is 0 Å². The molecule has 2 unspecified atom stereocenters. The Bertz CT molecular complexity index is 224. The number of nitrogens with zero attached hydrogens (tertiary/aromatic N) is 1. The zero-order chi connectivity index (χ0) is 10.7. The lowest BCUT2D eigenvalue weighted by molar-refractivity contribution is 0.0447. The Hall–Kier alpha value is -0.730. The molecule has 1 aliphatic heterocycles. The Labute approximate surface area is 91.8 Å². The molecule has 1 heterocycles. The molecule has 86 valence electrons. The first-order chi connectivity index (χ1) is 7.27. The zero-order valence-electron chi connectivity index (χ0n) is 9.58. The molecule has 0 spiro atoms. The van der Waals surface area contributed by atoms with Crippen molar-refractivity contribution in [2.24, 2.45) is 5.92 Å². The highest BCUT2D eigenvalue weighted by molar-refractivity contribution is 5.67. The second-order valence-electron chi connectivity index (χ2n) is 4.88. The molecular weight excluding hydrogens is 190 g/mol. The summed E-state index contributed by atoms with van der Waals surface area (Å²) in [5, 5.41) is 0. The number of carbonyl (C=O) groups is 1. The smallest absolute Gasteiger partial charge is 0.410 e. The van der Waals surface area contributed by atoms with Gasteiger partial charge in [-0.2, -0.15) is 0 Å². The highest BCUT2D eigenvalue weighted by atomic mass is 16.6. The number of carbonyl (C=O) groups excluding carboxylic acids is 1. The van der Waals surface area contributed by atoms with E-state index >= 15 is 0 Å². The molecule has 1 saturated heterocycles. The van der Waals surface area contributed by atoms with Crippen LogP contribution in [0.5, 0.6) is 0 Å². The van der Waals surface area contributed by atoms with E-state index in [0.29, 0.717) is 5.92 Å². The molecule has 3 nitrogen and oxygen atoms in total. The van der Waals surface area contributed by atoms with Crippen LogP contribution in [-0.4, -0.2) is 30.2 Å². The number of hydrogen-bond donors (Lipinski definition) is 0. The molecular formula is C12H21NO2. The third-order valence-electron chi connectivity index (χ3n) is 3.65. The predicted octanol–water partition coefficient (Wildman–Crippen LogP) is 2.80. The van der Waals surface area contributed by atoms with E-state index in [4.69, 9.17) is 4.74 Å². The number of amides is 1. The summed E-state index contributed by atoms with van der Waals surface area (Å²) < 4.78 is 5.55. The van der Waals surface area contributed by atoms with Gasteiger partial charge in [0.15, 0.2) is 0 Å². The summed E-state index contributed by atoms with van der Waals surface area (Å²) in [7, 11) is 0. The zero-order valence-corrected chi connectivity index (χ0v) is 9.58. The number of likely N-dealkylation sites (tertiary alicyclic amines) is 1. The highest BCUT2D eigenvalue weighted by Crippen LogP contribution is 2.28. The van der Waals surface area contributed by atoms with Crippen LogP contribution in [0, 0.1) is 5.92 Å². The fourth-order valence-electron chi connectivity index (χ4n) is 2.57. The van der Waals surface area contributed by atoms with Crippen molar-refractivity contribution < 1.29 is 9.53 Å². The highest BCUT2D eigenvalue weighted by Gasteiger charge is 2.29. The third kappa shape index (κ3) is 2.64. The normalized spacial score (nSPS) is 31.7. The molecule has 0 radical (unpaired) electrons. The van der Waals surface area contributed by atoms with Gasteiger partial charge in [-0.3, -0.25) is 0 Å². The maximum atomic E-state index is 11.8. The van der Waals surface area contributed by atoms with Gasteiger partial charge < -0.3 is 9.64 Å². The minimum atomic E-state index is -0.0755. The van der Waals surface area contributed by atoms with E-state index in [1.165, 1.54) is 19.3 Å². The van der Waals surface area contributed by atoms with Crippen LogP contribution in [0.15, 0.2) is 0 Å². The van der Waals surface area contributed by atoms with Crippen molar-refractivity contribution in [2.45, 2.75) is 51.6 Å². The van der Waals surface area contributed by atoms with Crippen molar-refractivity contribution in [2.75, 3.05) is 13.1 Å². The number of ether oxygens (including phenoxy) is 1. The first-order valence-corrected chi connectivity index (χ1v) is 6.23. The van der Waals surface area contributed by atoms with Gasteiger partial charge in [0, 0.05) is 13.1 Å². The Balaban J connectivity index is 1.80. The Morgan fingerprint density at radius 1 is 1.13 bits per heavy atom. The van der Waals surface area contributed by atoms with Crippen molar-refractivity contribution in [3.63, 3.8) is 0 Å². The molecule has 0 aromatic rings. The third-order valence-corrected chi connectivity index (χ3v) is 3.65. The van der Waals surface area contributed by atoms with Crippen LogP contribution in [0.3, 0.4) is 0 Å². The minimum Gasteiger partial charge on any atom is -0.446 e. The van der Waals surface area contributed by atoms with Crippen LogP contribution in [-0.2, 0) is 4.74 Å². The molecule has 15 heavy (non-hydrogen) atoms. The predicted molar refractivity (Wildman–Crippen MR) is 58.7 cm³/mol. The summed E-state index contributed by atoms with van der Waals surface area (Å²) in [6.07, 6.45) is 7.10. The van der Waals surface area contributed by atoms with Gasteiger partial charge in [-0.25, -0.2) is 4.79 Å². The maximum absolute atomic E-state index is 11.8. The molecule has 3 heteroatoms. The summed E-state index contributed by atoms with van der Waals surface area (Å²) in [6.45, 7) is 3.96. The lowest BCUT2D eigenvalue weighted by Crippen LogP contribution is -2.38. The second-order valence-corrected chi connectivity index (χ2v) is 4.88. The van der Waals surface area contributed by atoms with Crippen molar-refractivity contribution in [3.05, 3.63) is 0 Å². The SMILES string of the molecule is CC1CCCC1OC(=O)N1CCCCC1. The lowest BCUT2D eigenvalue weighted by atomic mass is 10.1. The fraction of sp³-hybridized carbons (Fsp3) is 0.917. The van der Waals surface area contributed by atoms with Gasteiger partial charge in [0.25, 0.3) is 0 Å². The Kier molecular flexibility index (Phi) is 3.49. The van der Waals surface area contributed by atoms with Gasteiger partial charge >= 0.3 is 6.09 Å². The van der Waals surface area contributed by atoms with Crippen molar-refractivity contribution in [3.8, 4) is 0 Å². The van der Waals surface area contributed by atoms with E-state index in [1.807, 2.05) is 4.90 Å².